The van der Waals surface area contributed by atoms with Crippen molar-refractivity contribution in [3.8, 4) is 11.1 Å². The Morgan fingerprint density at radius 1 is 1.19 bits per heavy atom. The van der Waals surface area contributed by atoms with Gasteiger partial charge in [-0.2, -0.15) is 5.10 Å². The van der Waals surface area contributed by atoms with Crippen molar-refractivity contribution >= 4 is 17.6 Å². The molecule has 0 bridgehead atoms. The molecule has 1 heterocycles. The topological polar surface area (TPSA) is 81.4 Å². The number of carboxylic acids is 1. The summed E-state index contributed by atoms with van der Waals surface area (Å²) in [5, 5.41) is 13.3. The number of hydrogen-bond acceptors (Lipinski definition) is 4. The normalized spacial score (nSPS) is 19.7. The fourth-order valence-corrected chi connectivity index (χ4v) is 3.81. The van der Waals surface area contributed by atoms with E-state index in [4.69, 9.17) is 21.4 Å². The standard InChI is InChI=1S/C20H23ClN2O4/c21-20-17(16-4-2-1-3-5-16)10-18(24)23(22-20)11-14-6-8-15(9-7-14)12-27-13-19(25)26/h1-5,10,14-15H,6-9,11-13H2,(H,25,26)/t14-,15-. The van der Waals surface area contributed by atoms with Crippen LogP contribution in [0.2, 0.25) is 5.15 Å². The molecule has 0 atom stereocenters. The van der Waals surface area contributed by atoms with E-state index < -0.39 is 5.97 Å². The highest BCUT2D eigenvalue weighted by Gasteiger charge is 2.23. The molecule has 1 aliphatic carbocycles. The molecular formula is C20H23ClN2O4. The van der Waals surface area contributed by atoms with Gasteiger partial charge in [-0.05, 0) is 43.1 Å². The van der Waals surface area contributed by atoms with Crippen LogP contribution in [0.3, 0.4) is 0 Å². The average molecular weight is 391 g/mol. The molecule has 2 aromatic rings. The number of carbonyl (C=O) groups is 1. The maximum absolute atomic E-state index is 12.5. The van der Waals surface area contributed by atoms with Crippen LogP contribution in [0, 0.1) is 11.8 Å². The molecule has 0 spiro atoms. The van der Waals surface area contributed by atoms with E-state index in [1.54, 1.807) is 6.07 Å². The molecule has 0 radical (unpaired) electrons. The molecule has 1 aromatic heterocycles. The van der Waals surface area contributed by atoms with Crippen molar-refractivity contribution in [1.29, 1.82) is 0 Å². The van der Waals surface area contributed by atoms with Crippen LogP contribution in [0.25, 0.3) is 11.1 Å². The molecule has 1 aliphatic rings. The first-order valence-electron chi connectivity index (χ1n) is 9.15. The lowest BCUT2D eigenvalue weighted by Gasteiger charge is -2.28. The van der Waals surface area contributed by atoms with Gasteiger partial charge in [0.25, 0.3) is 5.56 Å². The summed E-state index contributed by atoms with van der Waals surface area (Å²) in [5.41, 5.74) is 1.38. The second kappa shape index (κ2) is 9.15. The summed E-state index contributed by atoms with van der Waals surface area (Å²) in [4.78, 5) is 23.0. The molecule has 1 fully saturated rings. The van der Waals surface area contributed by atoms with Gasteiger partial charge >= 0.3 is 5.97 Å². The molecule has 0 aliphatic heterocycles. The van der Waals surface area contributed by atoms with Gasteiger partial charge < -0.3 is 9.84 Å². The van der Waals surface area contributed by atoms with Gasteiger partial charge in [0.15, 0.2) is 5.15 Å². The van der Waals surface area contributed by atoms with Crippen molar-refractivity contribution in [3.05, 3.63) is 51.9 Å². The molecule has 144 valence electrons. The van der Waals surface area contributed by atoms with E-state index in [2.05, 4.69) is 5.10 Å². The highest BCUT2D eigenvalue weighted by atomic mass is 35.5. The van der Waals surface area contributed by atoms with E-state index in [1.807, 2.05) is 30.3 Å². The Bertz CT molecular complexity index is 830. The first kappa shape index (κ1) is 19.6. The summed E-state index contributed by atoms with van der Waals surface area (Å²) in [6, 6.07) is 11.1. The van der Waals surface area contributed by atoms with Crippen molar-refractivity contribution in [1.82, 2.24) is 9.78 Å². The Hall–Kier alpha value is -2.18. The Balaban J connectivity index is 1.58. The monoisotopic (exact) mass is 390 g/mol. The fraction of sp³-hybridized carbons (Fsp3) is 0.450. The molecule has 0 saturated heterocycles. The van der Waals surface area contributed by atoms with Gasteiger partial charge in [0, 0.05) is 18.2 Å². The summed E-state index contributed by atoms with van der Waals surface area (Å²) in [6.07, 6.45) is 3.87. The number of benzene rings is 1. The highest BCUT2D eigenvalue weighted by Crippen LogP contribution is 2.30. The minimum absolute atomic E-state index is 0.148. The maximum atomic E-state index is 12.5. The van der Waals surface area contributed by atoms with E-state index in [1.165, 1.54) is 4.68 Å². The number of aromatic nitrogens is 2. The number of carboxylic acid groups (broad SMARTS) is 1. The quantitative estimate of drug-likeness (QED) is 0.782. The summed E-state index contributed by atoms with van der Waals surface area (Å²) in [7, 11) is 0. The maximum Gasteiger partial charge on any atom is 0.329 e. The number of nitrogens with zero attached hydrogens (tertiary/aromatic N) is 2. The molecule has 6 nitrogen and oxygen atoms in total. The van der Waals surface area contributed by atoms with Crippen LogP contribution in [0.1, 0.15) is 25.7 Å². The summed E-state index contributed by atoms with van der Waals surface area (Å²) >= 11 is 6.32. The van der Waals surface area contributed by atoms with Crippen LogP contribution >= 0.6 is 11.6 Å². The number of hydrogen-bond donors (Lipinski definition) is 1. The van der Waals surface area contributed by atoms with Crippen LogP contribution in [-0.4, -0.2) is 34.1 Å². The minimum Gasteiger partial charge on any atom is -0.480 e. The zero-order valence-corrected chi connectivity index (χ0v) is 15.8. The van der Waals surface area contributed by atoms with Crippen molar-refractivity contribution < 1.29 is 14.6 Å². The highest BCUT2D eigenvalue weighted by molar-refractivity contribution is 6.32. The first-order chi connectivity index (χ1) is 13.0. The van der Waals surface area contributed by atoms with E-state index in [9.17, 15) is 9.59 Å². The van der Waals surface area contributed by atoms with Crippen LogP contribution in [-0.2, 0) is 16.1 Å². The van der Waals surface area contributed by atoms with Crippen molar-refractivity contribution in [2.45, 2.75) is 32.2 Å². The largest absolute Gasteiger partial charge is 0.480 e. The van der Waals surface area contributed by atoms with E-state index in [0.717, 1.165) is 31.2 Å². The van der Waals surface area contributed by atoms with Gasteiger partial charge in [-0.15, -0.1) is 0 Å². The zero-order chi connectivity index (χ0) is 19.2. The third kappa shape index (κ3) is 5.40. The lowest BCUT2D eigenvalue weighted by atomic mass is 9.82. The van der Waals surface area contributed by atoms with Gasteiger partial charge in [-0.3, -0.25) is 4.79 Å². The van der Waals surface area contributed by atoms with E-state index >= 15 is 0 Å². The lowest BCUT2D eigenvalue weighted by Crippen LogP contribution is -2.29. The Morgan fingerprint density at radius 3 is 2.52 bits per heavy atom. The summed E-state index contributed by atoms with van der Waals surface area (Å²) in [6.45, 7) is 0.788. The lowest BCUT2D eigenvalue weighted by molar-refractivity contribution is -0.142. The van der Waals surface area contributed by atoms with Gasteiger partial charge in [-0.1, -0.05) is 41.9 Å². The first-order valence-corrected chi connectivity index (χ1v) is 9.53. The molecule has 0 unspecified atom stereocenters. The van der Waals surface area contributed by atoms with Crippen LogP contribution in [0.15, 0.2) is 41.2 Å². The third-order valence-electron chi connectivity index (χ3n) is 5.01. The second-order valence-corrected chi connectivity index (χ2v) is 7.39. The second-order valence-electron chi connectivity index (χ2n) is 7.03. The molecule has 3 rings (SSSR count). The predicted octanol–water partition coefficient (Wildman–Crippen LogP) is 3.47. The molecular weight excluding hydrogens is 368 g/mol. The van der Waals surface area contributed by atoms with Gasteiger partial charge in [0.2, 0.25) is 0 Å². The SMILES string of the molecule is O=C(O)COC[C@H]1CC[C@H](Cn2nc(Cl)c(-c3ccccc3)cc2=O)CC1. The number of aliphatic carboxylic acids is 1. The Kier molecular flexibility index (Phi) is 6.63. The van der Waals surface area contributed by atoms with Crippen molar-refractivity contribution in [2.75, 3.05) is 13.2 Å². The average Bonchev–Trinajstić information content (AvgIpc) is 2.66. The van der Waals surface area contributed by atoms with Gasteiger partial charge in [-0.25, -0.2) is 9.48 Å². The molecule has 7 heteroatoms. The molecule has 0 amide bonds. The molecule has 1 saturated carbocycles. The summed E-state index contributed by atoms with van der Waals surface area (Å²) < 4.78 is 6.65. The van der Waals surface area contributed by atoms with Gasteiger partial charge in [0.05, 0.1) is 6.61 Å². The zero-order valence-electron chi connectivity index (χ0n) is 15.0. The van der Waals surface area contributed by atoms with Crippen LogP contribution < -0.4 is 5.56 Å². The van der Waals surface area contributed by atoms with Crippen molar-refractivity contribution in [2.24, 2.45) is 11.8 Å². The minimum atomic E-state index is -0.940. The summed E-state index contributed by atoms with van der Waals surface area (Å²) in [5.74, 6) is -0.191. The molecule has 1 aromatic carbocycles. The van der Waals surface area contributed by atoms with E-state index in [0.29, 0.717) is 35.7 Å². The fourth-order valence-electron chi connectivity index (χ4n) is 3.56. The van der Waals surface area contributed by atoms with Crippen molar-refractivity contribution in [3.63, 3.8) is 0 Å². The number of ether oxygens (including phenoxy) is 1. The third-order valence-corrected chi connectivity index (χ3v) is 5.29. The Morgan fingerprint density at radius 2 is 1.85 bits per heavy atom. The van der Waals surface area contributed by atoms with Crippen LogP contribution in [0.4, 0.5) is 0 Å². The van der Waals surface area contributed by atoms with E-state index in [-0.39, 0.29) is 12.2 Å². The Labute approximate surface area is 162 Å². The predicted molar refractivity (Wildman–Crippen MR) is 103 cm³/mol. The van der Waals surface area contributed by atoms with Crippen LogP contribution in [0.5, 0.6) is 0 Å². The number of rotatable bonds is 7. The van der Waals surface area contributed by atoms with Gasteiger partial charge in [0.1, 0.15) is 6.61 Å². The number of halogens is 1. The molecule has 27 heavy (non-hydrogen) atoms. The smallest absolute Gasteiger partial charge is 0.329 e. The molecule has 1 N–H and O–H groups in total.